The minimum absolute atomic E-state index is 0.0740. The maximum absolute atomic E-state index is 12.4. The number of sulfonamides is 1. The van der Waals surface area contributed by atoms with Crippen molar-refractivity contribution in [2.45, 2.75) is 44.0 Å². The Morgan fingerprint density at radius 2 is 2.10 bits per heavy atom. The maximum Gasteiger partial charge on any atom is 0.336 e. The summed E-state index contributed by atoms with van der Waals surface area (Å²) in [5.74, 6) is -0.602. The van der Waals surface area contributed by atoms with Crippen LogP contribution in [0.1, 0.15) is 42.1 Å². The molecule has 1 aromatic carbocycles. The molecule has 1 saturated carbocycles. The van der Waals surface area contributed by atoms with Crippen molar-refractivity contribution < 1.29 is 18.3 Å². The van der Waals surface area contributed by atoms with E-state index < -0.39 is 16.0 Å². The van der Waals surface area contributed by atoms with E-state index in [1.165, 1.54) is 19.1 Å². The second-order valence-electron chi connectivity index (χ2n) is 5.58. The molecule has 0 aliphatic heterocycles. The van der Waals surface area contributed by atoms with Gasteiger partial charge in [-0.2, -0.15) is 0 Å². The van der Waals surface area contributed by atoms with E-state index in [-0.39, 0.29) is 27.1 Å². The predicted octanol–water partition coefficient (Wildman–Crippen LogP) is 2.81. The molecule has 1 atom stereocenters. The number of benzene rings is 1. The molecule has 1 fully saturated rings. The van der Waals surface area contributed by atoms with Gasteiger partial charge in [0.05, 0.1) is 10.5 Å². The third-order valence-electron chi connectivity index (χ3n) is 3.58. The number of aromatic carboxylic acids is 1. The van der Waals surface area contributed by atoms with E-state index in [1.807, 2.05) is 6.92 Å². The Bertz CT molecular complexity index is 668. The Balaban J connectivity index is 2.32. The monoisotopic (exact) mass is 331 g/mol. The lowest BCUT2D eigenvalue weighted by Gasteiger charge is -2.16. The van der Waals surface area contributed by atoms with Gasteiger partial charge in [0.25, 0.3) is 0 Å². The van der Waals surface area contributed by atoms with Crippen LogP contribution in [0.3, 0.4) is 0 Å². The highest BCUT2D eigenvalue weighted by atomic mass is 35.5. The summed E-state index contributed by atoms with van der Waals surface area (Å²) in [6.45, 7) is 3.29. The number of nitrogens with one attached hydrogen (secondary N) is 1. The smallest absolute Gasteiger partial charge is 0.336 e. The van der Waals surface area contributed by atoms with Crippen LogP contribution in [0.5, 0.6) is 0 Å². The summed E-state index contributed by atoms with van der Waals surface area (Å²) in [6.07, 6.45) is 3.08. The summed E-state index contributed by atoms with van der Waals surface area (Å²) < 4.78 is 27.5. The first kappa shape index (κ1) is 16.3. The number of carboxylic acids is 1. The van der Waals surface area contributed by atoms with E-state index in [0.29, 0.717) is 5.92 Å². The minimum Gasteiger partial charge on any atom is -0.478 e. The standard InChI is InChI=1S/C14H18ClNO4S/c1-8(5-10-3-4-10)16-21(19,20)13-7-11(15)6-12(9(13)2)14(17)18/h6-8,10,16H,3-5H2,1-2H3,(H,17,18). The fourth-order valence-corrected chi connectivity index (χ4v) is 4.22. The lowest BCUT2D eigenvalue weighted by Crippen LogP contribution is -2.33. The Morgan fingerprint density at radius 1 is 1.48 bits per heavy atom. The second kappa shape index (κ2) is 5.94. The number of rotatable bonds is 6. The van der Waals surface area contributed by atoms with Crippen LogP contribution in [0.25, 0.3) is 0 Å². The molecule has 1 unspecified atom stereocenters. The molecule has 116 valence electrons. The molecule has 0 amide bonds. The first-order valence-electron chi connectivity index (χ1n) is 6.76. The molecule has 5 nitrogen and oxygen atoms in total. The summed E-state index contributed by atoms with van der Waals surface area (Å²) in [7, 11) is -3.78. The normalized spacial score (nSPS) is 16.7. The summed E-state index contributed by atoms with van der Waals surface area (Å²) >= 11 is 5.85. The average molecular weight is 332 g/mol. The van der Waals surface area contributed by atoms with E-state index in [4.69, 9.17) is 16.7 Å². The Kier molecular flexibility index (Phi) is 4.60. The van der Waals surface area contributed by atoms with Crippen molar-refractivity contribution in [2.75, 3.05) is 0 Å². The Hall–Kier alpha value is -1.11. The van der Waals surface area contributed by atoms with Gasteiger partial charge in [0, 0.05) is 11.1 Å². The fraction of sp³-hybridized carbons (Fsp3) is 0.500. The van der Waals surface area contributed by atoms with E-state index in [0.717, 1.165) is 19.3 Å². The Labute approximate surface area is 129 Å². The van der Waals surface area contributed by atoms with Crippen molar-refractivity contribution in [1.29, 1.82) is 0 Å². The van der Waals surface area contributed by atoms with Crippen LogP contribution < -0.4 is 4.72 Å². The molecule has 7 heteroatoms. The molecule has 0 spiro atoms. The molecule has 0 saturated heterocycles. The summed E-state index contributed by atoms with van der Waals surface area (Å²) in [5, 5.41) is 9.21. The molecule has 0 radical (unpaired) electrons. The number of hydrogen-bond acceptors (Lipinski definition) is 3. The number of halogens is 1. The van der Waals surface area contributed by atoms with Gasteiger partial charge < -0.3 is 5.11 Å². The first-order valence-corrected chi connectivity index (χ1v) is 8.62. The number of carbonyl (C=O) groups is 1. The molecular weight excluding hydrogens is 314 g/mol. The molecule has 1 aliphatic rings. The quantitative estimate of drug-likeness (QED) is 0.839. The zero-order chi connectivity index (χ0) is 15.8. The van der Waals surface area contributed by atoms with Crippen molar-refractivity contribution in [3.05, 3.63) is 28.3 Å². The molecule has 0 heterocycles. The van der Waals surface area contributed by atoms with Crippen LogP contribution in [0, 0.1) is 12.8 Å². The van der Waals surface area contributed by atoms with Gasteiger partial charge in [-0.05, 0) is 43.9 Å². The van der Waals surface area contributed by atoms with E-state index >= 15 is 0 Å². The van der Waals surface area contributed by atoms with Gasteiger partial charge in [0.2, 0.25) is 10.0 Å². The van der Waals surface area contributed by atoms with Crippen LogP contribution in [0.4, 0.5) is 0 Å². The highest BCUT2D eigenvalue weighted by molar-refractivity contribution is 7.89. The largest absolute Gasteiger partial charge is 0.478 e. The zero-order valence-corrected chi connectivity index (χ0v) is 13.5. The van der Waals surface area contributed by atoms with Gasteiger partial charge in [0.1, 0.15) is 0 Å². The van der Waals surface area contributed by atoms with Crippen molar-refractivity contribution >= 4 is 27.6 Å². The van der Waals surface area contributed by atoms with E-state index in [2.05, 4.69) is 4.72 Å². The van der Waals surface area contributed by atoms with Crippen LogP contribution in [-0.4, -0.2) is 25.5 Å². The molecule has 1 aromatic rings. The molecule has 0 aromatic heterocycles. The van der Waals surface area contributed by atoms with Gasteiger partial charge in [-0.15, -0.1) is 0 Å². The van der Waals surface area contributed by atoms with Gasteiger partial charge in [-0.25, -0.2) is 17.9 Å². The van der Waals surface area contributed by atoms with E-state index in [9.17, 15) is 13.2 Å². The van der Waals surface area contributed by atoms with Crippen molar-refractivity contribution in [3.8, 4) is 0 Å². The van der Waals surface area contributed by atoms with Crippen LogP contribution in [-0.2, 0) is 10.0 Å². The third-order valence-corrected chi connectivity index (χ3v) is 5.52. The molecule has 0 bridgehead atoms. The average Bonchev–Trinajstić information content (AvgIpc) is 3.14. The topological polar surface area (TPSA) is 83.5 Å². The first-order chi connectivity index (χ1) is 9.70. The Morgan fingerprint density at radius 3 is 2.62 bits per heavy atom. The summed E-state index contributed by atoms with van der Waals surface area (Å²) in [4.78, 5) is 11.1. The van der Waals surface area contributed by atoms with E-state index in [1.54, 1.807) is 0 Å². The molecule has 21 heavy (non-hydrogen) atoms. The number of carboxylic acid groups (broad SMARTS) is 1. The van der Waals surface area contributed by atoms with Gasteiger partial charge in [-0.1, -0.05) is 24.4 Å². The maximum atomic E-state index is 12.4. The molecule has 2 rings (SSSR count). The van der Waals surface area contributed by atoms with Crippen LogP contribution in [0.15, 0.2) is 17.0 Å². The number of hydrogen-bond donors (Lipinski definition) is 2. The fourth-order valence-electron chi connectivity index (χ4n) is 2.39. The second-order valence-corrected chi connectivity index (χ2v) is 7.70. The van der Waals surface area contributed by atoms with Crippen molar-refractivity contribution in [3.63, 3.8) is 0 Å². The van der Waals surface area contributed by atoms with Crippen molar-refractivity contribution in [2.24, 2.45) is 5.92 Å². The predicted molar refractivity (Wildman–Crippen MR) is 80.3 cm³/mol. The zero-order valence-electron chi connectivity index (χ0n) is 11.9. The summed E-state index contributed by atoms with van der Waals surface area (Å²) in [5.41, 5.74) is 0.0933. The lowest BCUT2D eigenvalue weighted by molar-refractivity contribution is 0.0696. The van der Waals surface area contributed by atoms with Gasteiger partial charge in [-0.3, -0.25) is 0 Å². The molecule has 2 N–H and O–H groups in total. The summed E-state index contributed by atoms with van der Waals surface area (Å²) in [6, 6.07) is 2.36. The lowest BCUT2D eigenvalue weighted by atomic mass is 10.1. The molecule has 1 aliphatic carbocycles. The van der Waals surface area contributed by atoms with Gasteiger partial charge >= 0.3 is 5.97 Å². The highest BCUT2D eigenvalue weighted by Crippen LogP contribution is 2.34. The molecular formula is C14H18ClNO4S. The van der Waals surface area contributed by atoms with Crippen LogP contribution >= 0.6 is 11.6 Å². The SMILES string of the molecule is Cc1c(C(=O)O)cc(Cl)cc1S(=O)(=O)NC(C)CC1CC1. The van der Waals surface area contributed by atoms with Gasteiger partial charge in [0.15, 0.2) is 0 Å². The minimum atomic E-state index is -3.78. The van der Waals surface area contributed by atoms with Crippen molar-refractivity contribution in [1.82, 2.24) is 4.72 Å². The van der Waals surface area contributed by atoms with Crippen LogP contribution in [0.2, 0.25) is 5.02 Å². The third kappa shape index (κ3) is 3.96. The highest BCUT2D eigenvalue weighted by Gasteiger charge is 2.28.